The van der Waals surface area contributed by atoms with Gasteiger partial charge in [0.25, 0.3) is 0 Å². The first-order valence-electron chi connectivity index (χ1n) is 8.85. The first-order valence-corrected chi connectivity index (χ1v) is 8.85. The number of aliphatic hydroxyl groups excluding tert-OH is 1. The van der Waals surface area contributed by atoms with Crippen molar-refractivity contribution in [3.63, 3.8) is 0 Å². The molecular weight excluding hydrogens is 331 g/mol. The van der Waals surface area contributed by atoms with E-state index in [0.29, 0.717) is 11.0 Å². The van der Waals surface area contributed by atoms with Crippen LogP contribution < -0.4 is 0 Å². The second-order valence-corrected chi connectivity index (χ2v) is 8.59. The van der Waals surface area contributed by atoms with Crippen molar-refractivity contribution in [3.05, 3.63) is 40.9 Å². The molecule has 1 aromatic carbocycles. The van der Waals surface area contributed by atoms with Crippen LogP contribution in [0, 0.1) is 0 Å². The first kappa shape index (κ1) is 20.7. The van der Waals surface area contributed by atoms with Crippen LogP contribution in [0.15, 0.2) is 29.7 Å². The van der Waals surface area contributed by atoms with Crippen molar-refractivity contribution in [1.29, 1.82) is 0 Å². The van der Waals surface area contributed by atoms with E-state index in [1.165, 1.54) is 0 Å². The molecule has 1 saturated heterocycles. The number of rotatable bonds is 4. The Morgan fingerprint density at radius 1 is 1.12 bits per heavy atom. The Kier molecular flexibility index (Phi) is 5.71. The molecule has 1 heterocycles. The summed E-state index contributed by atoms with van der Waals surface area (Å²) in [5, 5.41) is 9.76. The van der Waals surface area contributed by atoms with Gasteiger partial charge in [-0.25, -0.2) is 4.79 Å². The average molecular weight is 360 g/mol. The van der Waals surface area contributed by atoms with Gasteiger partial charge >= 0.3 is 13.1 Å². The predicted octanol–water partition coefficient (Wildman–Crippen LogP) is 3.65. The maximum atomic E-state index is 12.1. The zero-order valence-corrected chi connectivity index (χ0v) is 16.8. The van der Waals surface area contributed by atoms with Gasteiger partial charge < -0.3 is 19.2 Å². The highest BCUT2D eigenvalue weighted by Gasteiger charge is 2.52. The van der Waals surface area contributed by atoms with E-state index in [9.17, 15) is 9.90 Å². The second-order valence-electron chi connectivity index (χ2n) is 8.59. The largest absolute Gasteiger partial charge is 0.492 e. The molecule has 1 fully saturated rings. The highest BCUT2D eigenvalue weighted by molar-refractivity contribution is 6.55. The van der Waals surface area contributed by atoms with Crippen LogP contribution in [0.2, 0.25) is 0 Å². The average Bonchev–Trinajstić information content (AvgIpc) is 2.71. The van der Waals surface area contributed by atoms with E-state index in [2.05, 4.69) is 0 Å². The Morgan fingerprint density at radius 3 is 2.04 bits per heavy atom. The maximum absolute atomic E-state index is 12.1. The molecule has 26 heavy (non-hydrogen) atoms. The molecule has 0 spiro atoms. The minimum Gasteiger partial charge on any atom is -0.456 e. The van der Waals surface area contributed by atoms with Gasteiger partial charge in [0.1, 0.15) is 5.60 Å². The molecule has 1 aromatic rings. The van der Waals surface area contributed by atoms with Crippen molar-refractivity contribution in [2.45, 2.75) is 65.3 Å². The Labute approximate surface area is 156 Å². The lowest BCUT2D eigenvalue weighted by Crippen LogP contribution is -2.41. The van der Waals surface area contributed by atoms with Crippen LogP contribution in [0.5, 0.6) is 0 Å². The lowest BCUT2D eigenvalue weighted by Gasteiger charge is -2.32. The normalized spacial score (nSPS) is 19.5. The zero-order chi connectivity index (χ0) is 19.8. The van der Waals surface area contributed by atoms with E-state index in [0.717, 1.165) is 5.56 Å². The third kappa shape index (κ3) is 4.75. The standard InChI is InChI=1S/C20H29BO5/c1-18(2,3)24-17(23)15-10-8-14(9-11-15)12-16(13-22)21-25-19(4,5)20(6,7)26-21/h8-12,22H,13H2,1-7H3. The summed E-state index contributed by atoms with van der Waals surface area (Å²) < 4.78 is 17.3. The lowest BCUT2D eigenvalue weighted by molar-refractivity contribution is 0.00578. The molecule has 142 valence electrons. The highest BCUT2D eigenvalue weighted by atomic mass is 16.7. The Hall–Kier alpha value is -1.63. The summed E-state index contributed by atoms with van der Waals surface area (Å²) in [4.78, 5) is 12.1. The van der Waals surface area contributed by atoms with Gasteiger partial charge in [0.2, 0.25) is 0 Å². The molecule has 0 aromatic heterocycles. The van der Waals surface area contributed by atoms with Gasteiger partial charge in [-0.3, -0.25) is 0 Å². The third-order valence-electron chi connectivity index (χ3n) is 4.64. The van der Waals surface area contributed by atoms with E-state index in [1.54, 1.807) is 24.3 Å². The van der Waals surface area contributed by atoms with Gasteiger partial charge in [-0.15, -0.1) is 0 Å². The third-order valence-corrected chi connectivity index (χ3v) is 4.64. The van der Waals surface area contributed by atoms with Crippen molar-refractivity contribution in [1.82, 2.24) is 0 Å². The minimum atomic E-state index is -0.601. The summed E-state index contributed by atoms with van der Waals surface area (Å²) in [7, 11) is -0.601. The molecule has 0 aliphatic carbocycles. The fraction of sp³-hybridized carbons (Fsp3) is 0.550. The number of carbonyl (C=O) groups excluding carboxylic acids is 1. The smallest absolute Gasteiger partial charge is 0.456 e. The Morgan fingerprint density at radius 2 is 1.62 bits per heavy atom. The molecule has 0 amide bonds. The van der Waals surface area contributed by atoms with Crippen molar-refractivity contribution in [3.8, 4) is 0 Å². The molecule has 0 atom stereocenters. The molecule has 6 heteroatoms. The molecule has 1 aliphatic rings. The molecule has 0 saturated carbocycles. The fourth-order valence-electron chi connectivity index (χ4n) is 2.45. The topological polar surface area (TPSA) is 65.0 Å². The molecule has 0 unspecified atom stereocenters. The van der Waals surface area contributed by atoms with Gasteiger partial charge in [0.05, 0.1) is 23.4 Å². The number of esters is 1. The van der Waals surface area contributed by atoms with Gasteiger partial charge in [-0.2, -0.15) is 0 Å². The van der Waals surface area contributed by atoms with E-state index in [1.807, 2.05) is 54.5 Å². The summed E-state index contributed by atoms with van der Waals surface area (Å²) in [6.45, 7) is 13.2. The van der Waals surface area contributed by atoms with Crippen LogP contribution in [-0.2, 0) is 14.0 Å². The zero-order valence-electron chi connectivity index (χ0n) is 16.8. The number of benzene rings is 1. The fourth-order valence-corrected chi connectivity index (χ4v) is 2.45. The summed E-state index contributed by atoms with van der Waals surface area (Å²) in [5.74, 6) is -0.360. The van der Waals surface area contributed by atoms with Gasteiger partial charge in [-0.1, -0.05) is 18.2 Å². The molecule has 2 rings (SSSR count). The Bertz CT molecular complexity index is 667. The minimum absolute atomic E-state index is 0.176. The highest BCUT2D eigenvalue weighted by Crippen LogP contribution is 2.38. The van der Waals surface area contributed by atoms with E-state index in [4.69, 9.17) is 14.0 Å². The molecule has 1 N–H and O–H groups in total. The predicted molar refractivity (Wildman–Crippen MR) is 103 cm³/mol. The van der Waals surface area contributed by atoms with E-state index >= 15 is 0 Å². The van der Waals surface area contributed by atoms with Crippen LogP contribution in [0.4, 0.5) is 0 Å². The molecule has 0 radical (unpaired) electrons. The molecule has 1 aliphatic heterocycles. The van der Waals surface area contributed by atoms with E-state index < -0.39 is 23.9 Å². The van der Waals surface area contributed by atoms with Gasteiger partial charge in [0, 0.05) is 0 Å². The number of hydrogen-bond acceptors (Lipinski definition) is 5. The van der Waals surface area contributed by atoms with Crippen molar-refractivity contribution >= 4 is 19.2 Å². The summed E-state index contributed by atoms with van der Waals surface area (Å²) >= 11 is 0. The summed E-state index contributed by atoms with van der Waals surface area (Å²) in [6.07, 6.45) is 1.82. The molecule has 0 bridgehead atoms. The monoisotopic (exact) mass is 360 g/mol. The van der Waals surface area contributed by atoms with Crippen LogP contribution in [0.3, 0.4) is 0 Å². The van der Waals surface area contributed by atoms with Gasteiger partial charge in [-0.05, 0) is 71.6 Å². The van der Waals surface area contributed by atoms with Crippen LogP contribution in [0.1, 0.15) is 64.4 Å². The first-order chi connectivity index (χ1) is 11.8. The lowest BCUT2D eigenvalue weighted by atomic mass is 9.77. The maximum Gasteiger partial charge on any atom is 0.492 e. The quantitative estimate of drug-likeness (QED) is 0.656. The van der Waals surface area contributed by atoms with Crippen molar-refractivity contribution in [2.24, 2.45) is 0 Å². The van der Waals surface area contributed by atoms with Crippen molar-refractivity contribution < 1.29 is 23.9 Å². The SMILES string of the molecule is CC(C)(C)OC(=O)c1ccc(C=C(CO)B2OC(C)(C)C(C)(C)O2)cc1. The number of ether oxygens (including phenoxy) is 1. The summed E-state index contributed by atoms with van der Waals surface area (Å²) in [6, 6.07) is 7.03. The molecule has 5 nitrogen and oxygen atoms in total. The van der Waals surface area contributed by atoms with Crippen LogP contribution in [-0.4, -0.2) is 41.6 Å². The number of hydrogen-bond donors (Lipinski definition) is 1. The number of aliphatic hydroxyl groups is 1. The van der Waals surface area contributed by atoms with E-state index in [-0.39, 0.29) is 12.6 Å². The Balaban J connectivity index is 2.16. The second kappa shape index (κ2) is 7.18. The van der Waals surface area contributed by atoms with Crippen molar-refractivity contribution in [2.75, 3.05) is 6.61 Å². The number of carbonyl (C=O) groups is 1. The van der Waals surface area contributed by atoms with Gasteiger partial charge in [0.15, 0.2) is 0 Å². The van der Waals surface area contributed by atoms with Crippen LogP contribution >= 0.6 is 0 Å². The molecular formula is C20H29BO5. The summed E-state index contributed by atoms with van der Waals surface area (Å²) in [5.41, 5.74) is 0.498. The van der Waals surface area contributed by atoms with Crippen LogP contribution in [0.25, 0.3) is 6.08 Å².